The molecular weight excluding hydrogens is 272 g/mol. The first-order valence-corrected chi connectivity index (χ1v) is 10.5. The van der Waals surface area contributed by atoms with Crippen molar-refractivity contribution < 1.29 is 18.3 Å². The van der Waals surface area contributed by atoms with Gasteiger partial charge in [0.2, 0.25) is 5.41 Å². The Kier molecular flexibility index (Phi) is 7.68. The SMILES string of the molecule is CCCCO[Si](C)(OCCCC)C1(OCCC)OC1C. The standard InChI is InChI=1S/C15H32O4Si/c1-6-9-12-17-20(5,18-13-10-7-2)15(14(4)19-15)16-11-8-3/h14H,6-13H2,1-5H3. The fourth-order valence-corrected chi connectivity index (χ4v) is 5.35. The maximum atomic E-state index is 6.18. The van der Waals surface area contributed by atoms with Crippen molar-refractivity contribution in [2.24, 2.45) is 0 Å². The summed E-state index contributed by atoms with van der Waals surface area (Å²) in [5, 5.41) is 0. The number of ether oxygens (including phenoxy) is 2. The van der Waals surface area contributed by atoms with E-state index in [1.807, 2.05) is 6.92 Å². The topological polar surface area (TPSA) is 40.2 Å². The highest BCUT2D eigenvalue weighted by molar-refractivity contribution is 6.69. The lowest BCUT2D eigenvalue weighted by atomic mass is 10.4. The Morgan fingerprint density at radius 3 is 1.80 bits per heavy atom. The van der Waals surface area contributed by atoms with Gasteiger partial charge >= 0.3 is 8.56 Å². The van der Waals surface area contributed by atoms with Crippen LogP contribution in [0.3, 0.4) is 0 Å². The van der Waals surface area contributed by atoms with E-state index < -0.39 is 14.0 Å². The maximum Gasteiger partial charge on any atom is 0.400 e. The molecule has 0 spiro atoms. The van der Waals surface area contributed by atoms with Crippen molar-refractivity contribution in [1.82, 2.24) is 0 Å². The van der Waals surface area contributed by atoms with E-state index in [-0.39, 0.29) is 6.10 Å². The van der Waals surface area contributed by atoms with Gasteiger partial charge in [0.05, 0.1) is 0 Å². The molecule has 0 aromatic rings. The fourth-order valence-electron chi connectivity index (χ4n) is 2.31. The lowest BCUT2D eigenvalue weighted by Gasteiger charge is -2.32. The molecule has 0 radical (unpaired) electrons. The molecule has 1 rings (SSSR count). The summed E-state index contributed by atoms with van der Waals surface area (Å²) < 4.78 is 24.2. The molecule has 120 valence electrons. The third kappa shape index (κ3) is 4.27. The number of hydrogen-bond acceptors (Lipinski definition) is 4. The van der Waals surface area contributed by atoms with Crippen molar-refractivity contribution in [3.63, 3.8) is 0 Å². The van der Waals surface area contributed by atoms with Crippen molar-refractivity contribution in [3.8, 4) is 0 Å². The van der Waals surface area contributed by atoms with Crippen molar-refractivity contribution in [3.05, 3.63) is 0 Å². The zero-order valence-electron chi connectivity index (χ0n) is 13.9. The first kappa shape index (κ1) is 18.1. The van der Waals surface area contributed by atoms with Crippen molar-refractivity contribution in [2.45, 2.75) is 77.9 Å². The summed E-state index contributed by atoms with van der Waals surface area (Å²) in [6.07, 6.45) is 5.41. The molecule has 0 saturated carbocycles. The van der Waals surface area contributed by atoms with E-state index in [0.29, 0.717) is 6.61 Å². The fraction of sp³-hybridized carbons (Fsp3) is 1.00. The minimum atomic E-state index is -2.49. The Bertz CT molecular complexity index is 265. The van der Waals surface area contributed by atoms with Gasteiger partial charge in [0, 0.05) is 19.8 Å². The second-order valence-corrected chi connectivity index (χ2v) is 8.79. The van der Waals surface area contributed by atoms with Crippen LogP contribution in [0.25, 0.3) is 0 Å². The molecule has 2 unspecified atom stereocenters. The van der Waals surface area contributed by atoms with Crippen LogP contribution in [0.5, 0.6) is 0 Å². The molecule has 0 N–H and O–H groups in total. The van der Waals surface area contributed by atoms with Crippen molar-refractivity contribution in [2.75, 3.05) is 19.8 Å². The van der Waals surface area contributed by atoms with Gasteiger partial charge in [-0.2, -0.15) is 0 Å². The molecule has 0 amide bonds. The minimum Gasteiger partial charge on any atom is -0.391 e. The van der Waals surface area contributed by atoms with Gasteiger partial charge in [0.15, 0.2) is 0 Å². The highest BCUT2D eigenvalue weighted by Crippen LogP contribution is 2.46. The lowest BCUT2D eigenvalue weighted by Crippen LogP contribution is -2.56. The van der Waals surface area contributed by atoms with Crippen LogP contribution in [-0.2, 0) is 18.3 Å². The van der Waals surface area contributed by atoms with Gasteiger partial charge in [-0.15, -0.1) is 0 Å². The number of unbranched alkanes of at least 4 members (excludes halogenated alkanes) is 2. The van der Waals surface area contributed by atoms with Crippen LogP contribution in [0.4, 0.5) is 0 Å². The average molecular weight is 305 g/mol. The van der Waals surface area contributed by atoms with Crippen LogP contribution in [0.2, 0.25) is 6.55 Å². The summed E-state index contributed by atoms with van der Waals surface area (Å²) in [6, 6.07) is 0. The van der Waals surface area contributed by atoms with E-state index >= 15 is 0 Å². The number of epoxide rings is 1. The van der Waals surface area contributed by atoms with Gasteiger partial charge in [-0.3, -0.25) is 0 Å². The van der Waals surface area contributed by atoms with E-state index in [2.05, 4.69) is 27.3 Å². The highest BCUT2D eigenvalue weighted by Gasteiger charge is 2.72. The highest BCUT2D eigenvalue weighted by atomic mass is 28.4. The molecule has 0 bridgehead atoms. The van der Waals surface area contributed by atoms with E-state index in [4.69, 9.17) is 18.3 Å². The number of rotatable bonds is 12. The molecule has 1 aliphatic rings. The molecule has 1 saturated heterocycles. The average Bonchev–Trinajstić information content (AvgIpc) is 3.09. The lowest BCUT2D eigenvalue weighted by molar-refractivity contribution is -0.0312. The van der Waals surface area contributed by atoms with Crippen LogP contribution in [0.1, 0.15) is 59.8 Å². The van der Waals surface area contributed by atoms with Crippen molar-refractivity contribution in [1.29, 1.82) is 0 Å². The smallest absolute Gasteiger partial charge is 0.391 e. The van der Waals surface area contributed by atoms with E-state index in [1.54, 1.807) is 0 Å². The first-order valence-electron chi connectivity index (χ1n) is 8.16. The van der Waals surface area contributed by atoms with Gasteiger partial charge in [0.25, 0.3) is 0 Å². The second kappa shape index (κ2) is 8.49. The zero-order valence-corrected chi connectivity index (χ0v) is 14.9. The third-order valence-corrected chi connectivity index (χ3v) is 7.18. The molecule has 20 heavy (non-hydrogen) atoms. The first-order chi connectivity index (χ1) is 9.56. The van der Waals surface area contributed by atoms with Crippen molar-refractivity contribution >= 4 is 8.56 Å². The summed E-state index contributed by atoms with van der Waals surface area (Å²) in [6.45, 7) is 12.7. The van der Waals surface area contributed by atoms with Crippen LogP contribution in [-0.4, -0.2) is 39.9 Å². The van der Waals surface area contributed by atoms with Gasteiger partial charge in [-0.25, -0.2) is 0 Å². The van der Waals surface area contributed by atoms with E-state index in [0.717, 1.165) is 45.3 Å². The van der Waals surface area contributed by atoms with Crippen LogP contribution in [0, 0.1) is 0 Å². The molecular formula is C15H32O4Si. The van der Waals surface area contributed by atoms with Crippen LogP contribution >= 0.6 is 0 Å². The Labute approximate surface area is 125 Å². The van der Waals surface area contributed by atoms with Gasteiger partial charge < -0.3 is 18.3 Å². The van der Waals surface area contributed by atoms with E-state index in [9.17, 15) is 0 Å². The van der Waals surface area contributed by atoms with Gasteiger partial charge in [-0.1, -0.05) is 33.6 Å². The predicted octanol–water partition coefficient (Wildman–Crippen LogP) is 3.77. The Morgan fingerprint density at radius 2 is 1.45 bits per heavy atom. The molecule has 0 aromatic carbocycles. The summed E-state index contributed by atoms with van der Waals surface area (Å²) in [4.78, 5) is 0. The largest absolute Gasteiger partial charge is 0.400 e. The zero-order chi connectivity index (χ0) is 15.1. The minimum absolute atomic E-state index is 0.0777. The predicted molar refractivity (Wildman–Crippen MR) is 82.9 cm³/mol. The summed E-state index contributed by atoms with van der Waals surface area (Å²) >= 11 is 0. The summed E-state index contributed by atoms with van der Waals surface area (Å²) in [5.41, 5.74) is -0.593. The van der Waals surface area contributed by atoms with Crippen LogP contribution < -0.4 is 0 Å². The molecule has 4 nitrogen and oxygen atoms in total. The van der Waals surface area contributed by atoms with Gasteiger partial charge in [0.1, 0.15) is 6.10 Å². The summed E-state index contributed by atoms with van der Waals surface area (Å²) in [5.74, 6) is 0. The normalized spacial score (nSPS) is 25.9. The molecule has 0 aromatic heterocycles. The van der Waals surface area contributed by atoms with Crippen LogP contribution in [0.15, 0.2) is 0 Å². The molecule has 5 heteroatoms. The van der Waals surface area contributed by atoms with Gasteiger partial charge in [-0.05, 0) is 32.7 Å². The maximum absolute atomic E-state index is 6.18. The molecule has 2 atom stereocenters. The van der Waals surface area contributed by atoms with E-state index in [1.165, 1.54) is 0 Å². The summed E-state index contributed by atoms with van der Waals surface area (Å²) in [7, 11) is -2.49. The molecule has 1 fully saturated rings. The second-order valence-electron chi connectivity index (χ2n) is 5.63. The quantitative estimate of drug-likeness (QED) is 0.312. The molecule has 1 heterocycles. The Hall–Kier alpha value is 0.0569. The Morgan fingerprint density at radius 1 is 0.950 bits per heavy atom. The monoisotopic (exact) mass is 304 g/mol. The molecule has 1 aliphatic heterocycles. The third-order valence-electron chi connectivity index (χ3n) is 3.73. The molecule has 0 aliphatic carbocycles. The number of hydrogen-bond donors (Lipinski definition) is 0. The Balaban J connectivity index is 2.68.